The molecule has 3 rings (SSSR count). The summed E-state index contributed by atoms with van der Waals surface area (Å²) >= 11 is 12.0. The highest BCUT2D eigenvalue weighted by atomic mass is 35.5. The zero-order valence-electron chi connectivity index (χ0n) is 11.6. The molecule has 0 radical (unpaired) electrons. The van der Waals surface area contributed by atoms with E-state index in [0.29, 0.717) is 28.5 Å². The van der Waals surface area contributed by atoms with Crippen molar-refractivity contribution in [3.05, 3.63) is 33.8 Å². The number of fused-ring (bicyclic) bond motifs is 1. The maximum Gasteiger partial charge on any atom is 0.326 e. The fourth-order valence-electron chi connectivity index (χ4n) is 3.52. The van der Waals surface area contributed by atoms with Crippen molar-refractivity contribution in [1.82, 2.24) is 0 Å². The van der Waals surface area contributed by atoms with Gasteiger partial charge in [-0.1, -0.05) is 29.3 Å². The second kappa shape index (κ2) is 5.41. The molecule has 2 saturated carbocycles. The normalized spacial score (nSPS) is 32.4. The van der Waals surface area contributed by atoms with Crippen LogP contribution in [0.15, 0.2) is 18.2 Å². The number of carbonyl (C=O) groups is 2. The summed E-state index contributed by atoms with van der Waals surface area (Å²) in [5.41, 5.74) is 5.45. The molecule has 0 aliphatic heterocycles. The SMILES string of the molecule is N[C@@]1(C(=O)OCc2c(Cl)cccc2Cl)CC[C@H]2[C@H](C(=O)O)[C@H]21. The average molecular weight is 344 g/mol. The van der Waals surface area contributed by atoms with Crippen LogP contribution < -0.4 is 5.73 Å². The molecule has 5 nitrogen and oxygen atoms in total. The second-order valence-corrected chi connectivity index (χ2v) is 6.72. The first-order valence-electron chi connectivity index (χ1n) is 6.98. The molecule has 0 heterocycles. The molecule has 0 unspecified atom stereocenters. The third kappa shape index (κ3) is 2.37. The summed E-state index contributed by atoms with van der Waals surface area (Å²) in [5.74, 6) is -2.36. The molecule has 2 fully saturated rings. The quantitative estimate of drug-likeness (QED) is 0.819. The second-order valence-electron chi connectivity index (χ2n) is 5.91. The highest BCUT2D eigenvalue weighted by Crippen LogP contribution is 2.61. The Labute approximate surface area is 137 Å². The number of aliphatic carboxylic acids is 1. The molecule has 1 aromatic rings. The molecule has 3 N–H and O–H groups in total. The number of carbonyl (C=O) groups excluding carboxylic acids is 1. The molecule has 4 atom stereocenters. The first kappa shape index (κ1) is 15.6. The standard InChI is InChI=1S/C15H15Cl2NO4/c16-9-2-1-3-10(17)8(9)6-22-14(21)15(18)5-4-7-11(12(7)15)13(19)20/h1-3,7,11-12H,4-6,18H2,(H,19,20)/t7-,11-,12-,15-/m0/s1. The monoisotopic (exact) mass is 343 g/mol. The molecule has 0 aromatic heterocycles. The third-order valence-electron chi connectivity index (χ3n) is 4.73. The molecule has 1 aromatic carbocycles. The molecular weight excluding hydrogens is 329 g/mol. The zero-order valence-corrected chi connectivity index (χ0v) is 13.1. The summed E-state index contributed by atoms with van der Waals surface area (Å²) in [6.07, 6.45) is 1.08. The molecule has 0 bridgehead atoms. The summed E-state index contributed by atoms with van der Waals surface area (Å²) in [6, 6.07) is 5.01. The van der Waals surface area contributed by atoms with E-state index in [0.717, 1.165) is 0 Å². The maximum atomic E-state index is 12.3. The van der Waals surface area contributed by atoms with E-state index in [1.807, 2.05) is 0 Å². The number of hydrogen-bond acceptors (Lipinski definition) is 4. The van der Waals surface area contributed by atoms with Crippen LogP contribution in [0.4, 0.5) is 0 Å². The van der Waals surface area contributed by atoms with Crippen LogP contribution >= 0.6 is 23.2 Å². The van der Waals surface area contributed by atoms with Gasteiger partial charge >= 0.3 is 11.9 Å². The van der Waals surface area contributed by atoms with Gasteiger partial charge < -0.3 is 15.6 Å². The van der Waals surface area contributed by atoms with E-state index in [1.54, 1.807) is 18.2 Å². The lowest BCUT2D eigenvalue weighted by atomic mass is 9.91. The van der Waals surface area contributed by atoms with Crippen molar-refractivity contribution in [3.63, 3.8) is 0 Å². The molecule has 22 heavy (non-hydrogen) atoms. The van der Waals surface area contributed by atoms with Crippen LogP contribution in [0.5, 0.6) is 0 Å². The number of nitrogens with two attached hydrogens (primary N) is 1. The van der Waals surface area contributed by atoms with Crippen molar-refractivity contribution in [3.8, 4) is 0 Å². The van der Waals surface area contributed by atoms with Crippen molar-refractivity contribution >= 4 is 35.1 Å². The summed E-state index contributed by atoms with van der Waals surface area (Å²) < 4.78 is 5.28. The van der Waals surface area contributed by atoms with Gasteiger partial charge in [-0.3, -0.25) is 9.59 Å². The predicted octanol–water partition coefficient (Wildman–Crippen LogP) is 2.47. The zero-order chi connectivity index (χ0) is 16.1. The van der Waals surface area contributed by atoms with Gasteiger partial charge in [0.25, 0.3) is 0 Å². The third-order valence-corrected chi connectivity index (χ3v) is 5.44. The van der Waals surface area contributed by atoms with Gasteiger partial charge in [0.15, 0.2) is 0 Å². The van der Waals surface area contributed by atoms with E-state index in [9.17, 15) is 9.59 Å². The molecule has 2 aliphatic carbocycles. The first-order valence-corrected chi connectivity index (χ1v) is 7.73. The van der Waals surface area contributed by atoms with Crippen LogP contribution in [-0.2, 0) is 20.9 Å². The van der Waals surface area contributed by atoms with E-state index < -0.39 is 23.4 Å². The van der Waals surface area contributed by atoms with Gasteiger partial charge in [0.1, 0.15) is 12.1 Å². The van der Waals surface area contributed by atoms with Gasteiger partial charge in [0, 0.05) is 21.5 Å². The van der Waals surface area contributed by atoms with Gasteiger partial charge in [-0.25, -0.2) is 0 Å². The molecule has 0 amide bonds. The number of benzene rings is 1. The van der Waals surface area contributed by atoms with E-state index in [-0.39, 0.29) is 18.4 Å². The summed E-state index contributed by atoms with van der Waals surface area (Å²) in [6.45, 7) is -0.0780. The Balaban J connectivity index is 1.69. The number of halogens is 2. The van der Waals surface area contributed by atoms with Crippen molar-refractivity contribution in [2.45, 2.75) is 25.0 Å². The largest absolute Gasteiger partial charge is 0.481 e. The number of hydrogen-bond donors (Lipinski definition) is 2. The van der Waals surface area contributed by atoms with E-state index in [4.69, 9.17) is 38.8 Å². The van der Waals surface area contributed by atoms with Crippen molar-refractivity contribution < 1.29 is 19.4 Å². The van der Waals surface area contributed by atoms with Crippen molar-refractivity contribution in [2.75, 3.05) is 0 Å². The van der Waals surface area contributed by atoms with Crippen molar-refractivity contribution in [2.24, 2.45) is 23.5 Å². The van der Waals surface area contributed by atoms with Crippen LogP contribution in [0.25, 0.3) is 0 Å². The maximum absolute atomic E-state index is 12.3. The summed E-state index contributed by atoms with van der Waals surface area (Å²) in [7, 11) is 0. The summed E-state index contributed by atoms with van der Waals surface area (Å²) in [5, 5.41) is 9.93. The topological polar surface area (TPSA) is 89.6 Å². The Hall–Kier alpha value is -1.30. The van der Waals surface area contributed by atoms with Crippen molar-refractivity contribution in [1.29, 1.82) is 0 Å². The molecule has 0 saturated heterocycles. The minimum absolute atomic E-state index is 0.0149. The van der Waals surface area contributed by atoms with Gasteiger partial charge in [0.05, 0.1) is 5.92 Å². The fraction of sp³-hybridized carbons (Fsp3) is 0.467. The predicted molar refractivity (Wildman–Crippen MR) is 80.5 cm³/mol. The summed E-state index contributed by atoms with van der Waals surface area (Å²) in [4.78, 5) is 23.5. The number of esters is 1. The Morgan fingerprint density at radius 1 is 1.36 bits per heavy atom. The van der Waals surface area contributed by atoms with E-state index in [2.05, 4.69) is 0 Å². The Kier molecular flexibility index (Phi) is 3.83. The van der Waals surface area contributed by atoms with Crippen LogP contribution in [0.1, 0.15) is 18.4 Å². The smallest absolute Gasteiger partial charge is 0.326 e. The highest BCUT2D eigenvalue weighted by molar-refractivity contribution is 6.35. The van der Waals surface area contributed by atoms with Crippen LogP contribution in [0.3, 0.4) is 0 Å². The number of rotatable bonds is 4. The lowest BCUT2D eigenvalue weighted by molar-refractivity contribution is -0.152. The Morgan fingerprint density at radius 2 is 2.00 bits per heavy atom. The van der Waals surface area contributed by atoms with Gasteiger partial charge in [-0.15, -0.1) is 0 Å². The highest BCUT2D eigenvalue weighted by Gasteiger charge is 2.70. The molecule has 0 spiro atoms. The fourth-order valence-corrected chi connectivity index (χ4v) is 4.03. The Morgan fingerprint density at radius 3 is 2.55 bits per heavy atom. The lowest BCUT2D eigenvalue weighted by Gasteiger charge is -2.24. The molecular formula is C15H15Cl2NO4. The van der Waals surface area contributed by atoms with E-state index >= 15 is 0 Å². The number of carboxylic acids is 1. The van der Waals surface area contributed by atoms with Gasteiger partial charge in [0.2, 0.25) is 0 Å². The van der Waals surface area contributed by atoms with Crippen LogP contribution in [0.2, 0.25) is 10.0 Å². The minimum atomic E-state index is -1.22. The average Bonchev–Trinajstić information content (AvgIpc) is 3.10. The number of ether oxygens (including phenoxy) is 1. The number of carboxylic acid groups (broad SMARTS) is 1. The first-order chi connectivity index (χ1) is 10.4. The minimum Gasteiger partial charge on any atom is -0.481 e. The molecule has 118 valence electrons. The van der Waals surface area contributed by atoms with Gasteiger partial charge in [-0.2, -0.15) is 0 Å². The molecule has 2 aliphatic rings. The van der Waals surface area contributed by atoms with E-state index in [1.165, 1.54) is 0 Å². The van der Waals surface area contributed by atoms with Crippen LogP contribution in [0, 0.1) is 17.8 Å². The van der Waals surface area contributed by atoms with Gasteiger partial charge in [-0.05, 0) is 30.9 Å². The lowest BCUT2D eigenvalue weighted by Crippen LogP contribution is -2.50. The Bertz CT molecular complexity index is 630. The molecule has 7 heteroatoms. The van der Waals surface area contributed by atoms with Crippen LogP contribution in [-0.4, -0.2) is 22.6 Å².